The van der Waals surface area contributed by atoms with Crippen molar-refractivity contribution in [1.29, 1.82) is 0 Å². The number of aromatic nitrogens is 1. The molecule has 1 saturated heterocycles. The average molecular weight is 497 g/mol. The van der Waals surface area contributed by atoms with Gasteiger partial charge in [-0.15, -0.1) is 11.3 Å². The topological polar surface area (TPSA) is 62.5 Å². The number of nitrogens with zero attached hydrogens (tertiary/aromatic N) is 2. The quantitative estimate of drug-likeness (QED) is 0.216. The van der Waals surface area contributed by atoms with Crippen LogP contribution >= 0.6 is 11.3 Å². The lowest BCUT2D eigenvalue weighted by Crippen LogP contribution is -2.31. The predicted octanol–water partition coefficient (Wildman–Crippen LogP) is 5.78. The van der Waals surface area contributed by atoms with Gasteiger partial charge in [-0.3, -0.25) is 9.59 Å². The maximum Gasteiger partial charge on any atom is 0.295 e. The lowest BCUT2D eigenvalue weighted by Gasteiger charge is -2.24. The molecule has 3 heterocycles. The summed E-state index contributed by atoms with van der Waals surface area (Å²) in [5, 5.41) is 14.5. The van der Waals surface area contributed by atoms with E-state index in [9.17, 15) is 14.7 Å². The smallest absolute Gasteiger partial charge is 0.295 e. The number of benzene rings is 2. The maximum absolute atomic E-state index is 13.3. The summed E-state index contributed by atoms with van der Waals surface area (Å²) in [5.74, 6) is -1.23. The summed E-state index contributed by atoms with van der Waals surface area (Å²) in [4.78, 5) is 29.2. The number of hydrogen-bond acceptors (Lipinski definition) is 4. The molecule has 1 aliphatic heterocycles. The molecule has 1 atom stereocenters. The van der Waals surface area contributed by atoms with E-state index in [1.165, 1.54) is 28.9 Å². The van der Waals surface area contributed by atoms with Gasteiger partial charge in [-0.1, -0.05) is 36.4 Å². The normalized spacial score (nSPS) is 19.2. The van der Waals surface area contributed by atoms with Crippen molar-refractivity contribution in [3.05, 3.63) is 98.9 Å². The van der Waals surface area contributed by atoms with E-state index < -0.39 is 17.7 Å². The Balaban J connectivity index is 1.38. The zero-order valence-corrected chi connectivity index (χ0v) is 21.1. The summed E-state index contributed by atoms with van der Waals surface area (Å²) < 4.78 is 2.09. The number of amides is 1. The molecule has 1 amide bonds. The van der Waals surface area contributed by atoms with Crippen LogP contribution in [0.5, 0.6) is 0 Å². The number of aliphatic hydroxyl groups is 1. The predicted molar refractivity (Wildman–Crippen MR) is 143 cm³/mol. The molecule has 36 heavy (non-hydrogen) atoms. The minimum Gasteiger partial charge on any atom is -0.507 e. The van der Waals surface area contributed by atoms with Crippen LogP contribution in [0.1, 0.15) is 46.0 Å². The van der Waals surface area contributed by atoms with Gasteiger partial charge < -0.3 is 14.6 Å². The van der Waals surface area contributed by atoms with E-state index in [4.69, 9.17) is 0 Å². The Labute approximate surface area is 214 Å². The van der Waals surface area contributed by atoms with E-state index >= 15 is 0 Å². The number of likely N-dealkylation sites (tertiary alicyclic amines) is 1. The van der Waals surface area contributed by atoms with E-state index in [1.54, 1.807) is 4.90 Å². The molecule has 0 radical (unpaired) electrons. The van der Waals surface area contributed by atoms with E-state index in [0.29, 0.717) is 18.5 Å². The number of hydrogen-bond donors (Lipinski definition) is 1. The molecule has 0 bridgehead atoms. The molecule has 4 aromatic rings. The standard InChI is InChI=1S/C30H28N2O3S/c1-31-18-22(23-9-4-5-10-24(23)31)14-15-32-27(25-11-6-16-36-25)26(29(34)30(32)35)28(33)21-13-12-19-7-2-3-8-20(19)17-21/h4-6,9-13,16-18,27,33H,2-3,7-8,14-15H2,1H3/b28-26-. The minimum atomic E-state index is -0.610. The fourth-order valence-corrected chi connectivity index (χ4v) is 6.60. The molecule has 0 saturated carbocycles. The summed E-state index contributed by atoms with van der Waals surface area (Å²) >= 11 is 1.50. The van der Waals surface area contributed by atoms with Crippen LogP contribution in [0.3, 0.4) is 0 Å². The second-order valence-electron chi connectivity index (χ2n) is 9.73. The van der Waals surface area contributed by atoms with E-state index in [2.05, 4.69) is 29.0 Å². The molecule has 1 N–H and O–H groups in total. The van der Waals surface area contributed by atoms with Gasteiger partial charge in [0, 0.05) is 41.1 Å². The van der Waals surface area contributed by atoms with Gasteiger partial charge in [-0.05, 0) is 72.4 Å². The molecule has 0 spiro atoms. The Bertz CT molecular complexity index is 1510. The first-order valence-corrected chi connectivity index (χ1v) is 13.4. The maximum atomic E-state index is 13.3. The number of carbonyl (C=O) groups is 2. The molecule has 2 aliphatic rings. The summed E-state index contributed by atoms with van der Waals surface area (Å²) in [7, 11) is 2.02. The number of fused-ring (bicyclic) bond motifs is 2. The Morgan fingerprint density at radius 1 is 1.03 bits per heavy atom. The lowest BCUT2D eigenvalue weighted by molar-refractivity contribution is -0.139. The van der Waals surface area contributed by atoms with Crippen LogP contribution in [0.25, 0.3) is 16.7 Å². The third-order valence-corrected chi connectivity index (χ3v) is 8.50. The summed E-state index contributed by atoms with van der Waals surface area (Å²) in [6, 6.07) is 17.4. The number of ketones is 1. The molecule has 1 aliphatic carbocycles. The second-order valence-corrected chi connectivity index (χ2v) is 10.7. The number of carbonyl (C=O) groups excluding carboxylic acids is 2. The third-order valence-electron chi connectivity index (χ3n) is 7.58. The first-order chi connectivity index (χ1) is 17.5. The van der Waals surface area contributed by atoms with Crippen LogP contribution in [-0.2, 0) is 35.9 Å². The van der Waals surface area contributed by atoms with Gasteiger partial charge in [0.1, 0.15) is 5.76 Å². The highest BCUT2D eigenvalue weighted by molar-refractivity contribution is 7.10. The Morgan fingerprint density at radius 2 is 1.83 bits per heavy atom. The minimum absolute atomic E-state index is 0.0761. The molecule has 6 rings (SSSR count). The van der Waals surface area contributed by atoms with Crippen molar-refractivity contribution in [3.8, 4) is 0 Å². The average Bonchev–Trinajstić information content (AvgIpc) is 3.61. The molecule has 2 aromatic heterocycles. The molecule has 1 unspecified atom stereocenters. The van der Waals surface area contributed by atoms with Crippen molar-refractivity contribution in [2.24, 2.45) is 7.05 Å². The van der Waals surface area contributed by atoms with Gasteiger partial charge in [0.2, 0.25) is 0 Å². The second kappa shape index (κ2) is 9.10. The highest BCUT2D eigenvalue weighted by Crippen LogP contribution is 2.41. The van der Waals surface area contributed by atoms with Crippen molar-refractivity contribution < 1.29 is 14.7 Å². The van der Waals surface area contributed by atoms with Crippen LogP contribution in [0, 0.1) is 0 Å². The number of para-hydroxylation sites is 1. The summed E-state index contributed by atoms with van der Waals surface area (Å²) in [6.45, 7) is 0.391. The lowest BCUT2D eigenvalue weighted by atomic mass is 9.89. The van der Waals surface area contributed by atoms with Crippen molar-refractivity contribution in [3.63, 3.8) is 0 Å². The fourth-order valence-electron chi connectivity index (χ4n) is 5.76. The molecule has 1 fully saturated rings. The Morgan fingerprint density at radius 3 is 2.64 bits per heavy atom. The summed E-state index contributed by atoms with van der Waals surface area (Å²) in [5.41, 5.74) is 5.61. The van der Waals surface area contributed by atoms with Crippen LogP contribution in [0.2, 0.25) is 0 Å². The monoisotopic (exact) mass is 496 g/mol. The van der Waals surface area contributed by atoms with Crippen molar-refractivity contribution in [2.75, 3.05) is 6.54 Å². The van der Waals surface area contributed by atoms with Crippen LogP contribution < -0.4 is 0 Å². The fraction of sp³-hybridized carbons (Fsp3) is 0.267. The van der Waals surface area contributed by atoms with Gasteiger partial charge >= 0.3 is 0 Å². The highest BCUT2D eigenvalue weighted by atomic mass is 32.1. The third kappa shape index (κ3) is 3.77. The van der Waals surface area contributed by atoms with E-state index in [0.717, 1.165) is 40.6 Å². The highest BCUT2D eigenvalue weighted by Gasteiger charge is 2.46. The van der Waals surface area contributed by atoms with Crippen LogP contribution in [0.15, 0.2) is 71.7 Å². The van der Waals surface area contributed by atoms with Gasteiger partial charge in [0.25, 0.3) is 11.7 Å². The number of rotatable bonds is 5. The number of aliphatic hydroxyl groups excluding tert-OH is 1. The van der Waals surface area contributed by atoms with Gasteiger partial charge in [-0.2, -0.15) is 0 Å². The SMILES string of the molecule is Cn1cc(CCN2C(=O)C(=O)/C(=C(\O)c3ccc4c(c3)CCCC4)C2c2cccs2)c2ccccc21. The zero-order chi connectivity index (χ0) is 24.8. The molecule has 2 aromatic carbocycles. The molecule has 182 valence electrons. The Kier molecular flexibility index (Phi) is 5.76. The van der Waals surface area contributed by atoms with Gasteiger partial charge in [-0.25, -0.2) is 0 Å². The number of Topliss-reactive ketones (excluding diaryl/α,β-unsaturated/α-hetero) is 1. The summed E-state index contributed by atoms with van der Waals surface area (Å²) in [6.07, 6.45) is 7.04. The van der Waals surface area contributed by atoms with Gasteiger partial charge in [0.05, 0.1) is 11.6 Å². The molecular formula is C30H28N2O3S. The first-order valence-electron chi connectivity index (χ1n) is 12.5. The van der Waals surface area contributed by atoms with Crippen molar-refractivity contribution in [2.45, 2.75) is 38.1 Å². The largest absolute Gasteiger partial charge is 0.507 e. The zero-order valence-electron chi connectivity index (χ0n) is 20.2. The first kappa shape index (κ1) is 22.8. The number of aryl methyl sites for hydroxylation is 3. The molecule has 6 heteroatoms. The number of thiophene rings is 1. The van der Waals surface area contributed by atoms with Gasteiger partial charge in [0.15, 0.2) is 0 Å². The van der Waals surface area contributed by atoms with Crippen molar-refractivity contribution >= 4 is 39.7 Å². The molecular weight excluding hydrogens is 468 g/mol. The van der Waals surface area contributed by atoms with E-state index in [-0.39, 0.29) is 11.3 Å². The van der Waals surface area contributed by atoms with Crippen LogP contribution in [0.4, 0.5) is 0 Å². The van der Waals surface area contributed by atoms with E-state index in [1.807, 2.05) is 48.8 Å². The Hall–Kier alpha value is -3.64. The molecule has 5 nitrogen and oxygen atoms in total. The van der Waals surface area contributed by atoms with Crippen LogP contribution in [-0.4, -0.2) is 32.8 Å². The van der Waals surface area contributed by atoms with Crippen molar-refractivity contribution in [1.82, 2.24) is 9.47 Å².